The lowest BCUT2D eigenvalue weighted by molar-refractivity contribution is -0.274. The molecule has 0 unspecified atom stereocenters. The van der Waals surface area contributed by atoms with E-state index in [9.17, 15) is 28.5 Å². The van der Waals surface area contributed by atoms with Gasteiger partial charge in [0.15, 0.2) is 0 Å². The molecular weight excluding hydrogens is 561 g/mol. The van der Waals surface area contributed by atoms with E-state index in [1.165, 1.54) is 23.5 Å². The number of hydrogen-bond acceptors (Lipinski definition) is 11. The van der Waals surface area contributed by atoms with Crippen LogP contribution in [-0.4, -0.2) is 66.5 Å². The Kier molecular flexibility index (Phi) is 8.01. The number of ether oxygens (including phenoxy) is 1. The smallest absolute Gasteiger partial charge is 0.406 e. The number of hydrogen-bond donors (Lipinski definition) is 5. The normalized spacial score (nSPS) is 21.7. The standard InChI is InChI=1S/C27H29F3N6O4S/c1-12-8-16(40-27(28,29)30)4-5-17(12)13(2)32-26-33-14(3)21(25-35-19-10-31-7-6-20(19)41-25)24(36-26)34-18-9-15(11-37)22(38)23(18)39/h4-8,10,13,15,18,22-23,37-39H,9,11H2,1-3H3,(H2,32,33,34,36)/t13-,15-,18-,22-,23+/m1/s1. The van der Waals surface area contributed by atoms with Crippen LogP contribution in [0.3, 0.4) is 0 Å². The fourth-order valence-electron chi connectivity index (χ4n) is 5.11. The first-order chi connectivity index (χ1) is 19.4. The van der Waals surface area contributed by atoms with Crippen molar-refractivity contribution in [3.8, 4) is 16.3 Å². The van der Waals surface area contributed by atoms with Gasteiger partial charge in [0.1, 0.15) is 28.2 Å². The summed E-state index contributed by atoms with van der Waals surface area (Å²) in [6.07, 6.45) is -3.36. The highest BCUT2D eigenvalue weighted by Gasteiger charge is 2.41. The topological polar surface area (TPSA) is 146 Å². The number of aliphatic hydroxyl groups excluding tert-OH is 3. The summed E-state index contributed by atoms with van der Waals surface area (Å²) in [6.45, 7) is 5.04. The second-order valence-corrected chi connectivity index (χ2v) is 11.1. The van der Waals surface area contributed by atoms with Crippen LogP contribution in [0.4, 0.5) is 24.9 Å². The highest BCUT2D eigenvalue weighted by atomic mass is 32.1. The Morgan fingerprint density at radius 2 is 1.90 bits per heavy atom. The molecule has 5 rings (SSSR count). The molecule has 3 heterocycles. The van der Waals surface area contributed by atoms with E-state index in [1.807, 2.05) is 13.0 Å². The van der Waals surface area contributed by atoms with Gasteiger partial charge in [-0.1, -0.05) is 6.07 Å². The van der Waals surface area contributed by atoms with Gasteiger partial charge < -0.3 is 30.7 Å². The van der Waals surface area contributed by atoms with Gasteiger partial charge in [-0.25, -0.2) is 9.97 Å². The summed E-state index contributed by atoms with van der Waals surface area (Å²) >= 11 is 1.43. The van der Waals surface area contributed by atoms with Crippen molar-refractivity contribution in [2.75, 3.05) is 17.2 Å². The average molecular weight is 591 g/mol. The third-order valence-corrected chi connectivity index (χ3v) is 8.19. The number of benzene rings is 1. The van der Waals surface area contributed by atoms with E-state index in [1.54, 1.807) is 32.3 Å². The van der Waals surface area contributed by atoms with Crippen LogP contribution in [0.15, 0.2) is 36.7 Å². The Hall–Kier alpha value is -3.59. The highest BCUT2D eigenvalue weighted by Crippen LogP contribution is 2.38. The molecule has 0 aliphatic heterocycles. The monoisotopic (exact) mass is 590 g/mol. The minimum Gasteiger partial charge on any atom is -0.406 e. The number of alkyl halides is 3. The second-order valence-electron chi connectivity index (χ2n) is 10.1. The lowest BCUT2D eigenvalue weighted by atomic mass is 10.0. The van der Waals surface area contributed by atoms with Gasteiger partial charge in [0.25, 0.3) is 0 Å². The first-order valence-electron chi connectivity index (χ1n) is 12.9. The Morgan fingerprint density at radius 3 is 2.56 bits per heavy atom. The van der Waals surface area contributed by atoms with Gasteiger partial charge in [-0.2, -0.15) is 4.98 Å². The summed E-state index contributed by atoms with van der Waals surface area (Å²) in [7, 11) is 0. The molecule has 4 aromatic rings. The summed E-state index contributed by atoms with van der Waals surface area (Å²) in [5, 5.41) is 37.8. The van der Waals surface area contributed by atoms with E-state index in [2.05, 4.69) is 25.3 Å². The third-order valence-electron chi connectivity index (χ3n) is 7.14. The molecule has 0 amide bonds. The number of aromatic nitrogens is 4. The van der Waals surface area contributed by atoms with Crippen molar-refractivity contribution < 1.29 is 33.2 Å². The largest absolute Gasteiger partial charge is 0.573 e. The lowest BCUT2D eigenvalue weighted by Crippen LogP contribution is -2.35. The lowest BCUT2D eigenvalue weighted by Gasteiger charge is -2.22. The van der Waals surface area contributed by atoms with Crippen LogP contribution in [0.1, 0.15) is 36.2 Å². The van der Waals surface area contributed by atoms with Gasteiger partial charge in [0, 0.05) is 18.7 Å². The van der Waals surface area contributed by atoms with E-state index in [0.29, 0.717) is 39.6 Å². The Labute approximate surface area is 237 Å². The summed E-state index contributed by atoms with van der Waals surface area (Å²) in [5.41, 5.74) is 3.21. The molecule has 0 radical (unpaired) electrons. The van der Waals surface area contributed by atoms with Crippen molar-refractivity contribution in [1.29, 1.82) is 0 Å². The molecule has 5 N–H and O–H groups in total. The molecule has 3 aromatic heterocycles. The molecule has 1 aromatic carbocycles. The molecule has 5 atom stereocenters. The fourth-order valence-corrected chi connectivity index (χ4v) is 6.14. The zero-order valence-electron chi connectivity index (χ0n) is 22.3. The van der Waals surface area contributed by atoms with Crippen LogP contribution in [0.5, 0.6) is 5.75 Å². The predicted octanol–water partition coefficient (Wildman–Crippen LogP) is 4.35. The molecule has 1 fully saturated rings. The predicted molar refractivity (Wildman–Crippen MR) is 148 cm³/mol. The van der Waals surface area contributed by atoms with Gasteiger partial charge in [0.2, 0.25) is 5.95 Å². The molecule has 0 spiro atoms. The van der Waals surface area contributed by atoms with E-state index in [-0.39, 0.29) is 24.3 Å². The molecule has 10 nitrogen and oxygen atoms in total. The molecule has 1 saturated carbocycles. The van der Waals surface area contributed by atoms with Crippen LogP contribution in [0.2, 0.25) is 0 Å². The van der Waals surface area contributed by atoms with E-state index < -0.39 is 30.5 Å². The number of thiazole rings is 1. The molecule has 41 heavy (non-hydrogen) atoms. The van der Waals surface area contributed by atoms with Gasteiger partial charge >= 0.3 is 6.36 Å². The number of aryl methyl sites for hydroxylation is 2. The van der Waals surface area contributed by atoms with Crippen molar-refractivity contribution in [1.82, 2.24) is 19.9 Å². The Morgan fingerprint density at radius 1 is 1.12 bits per heavy atom. The number of aliphatic hydroxyl groups is 3. The minimum absolute atomic E-state index is 0.241. The third kappa shape index (κ3) is 6.20. The van der Waals surface area contributed by atoms with Crippen molar-refractivity contribution in [2.24, 2.45) is 5.92 Å². The maximum absolute atomic E-state index is 12.6. The van der Waals surface area contributed by atoms with Crippen LogP contribution >= 0.6 is 11.3 Å². The molecule has 14 heteroatoms. The van der Waals surface area contributed by atoms with Gasteiger partial charge in [0.05, 0.1) is 40.3 Å². The number of fused-ring (bicyclic) bond motifs is 1. The van der Waals surface area contributed by atoms with Gasteiger partial charge in [-0.15, -0.1) is 24.5 Å². The van der Waals surface area contributed by atoms with Crippen molar-refractivity contribution in [3.05, 3.63) is 53.5 Å². The fraction of sp³-hybridized carbons (Fsp3) is 0.407. The van der Waals surface area contributed by atoms with Crippen LogP contribution < -0.4 is 15.4 Å². The van der Waals surface area contributed by atoms with Crippen molar-refractivity contribution in [3.63, 3.8) is 0 Å². The van der Waals surface area contributed by atoms with Crippen molar-refractivity contribution in [2.45, 2.75) is 57.8 Å². The molecule has 1 aliphatic carbocycles. The van der Waals surface area contributed by atoms with E-state index in [4.69, 9.17) is 9.97 Å². The molecular formula is C27H29F3N6O4S. The van der Waals surface area contributed by atoms with E-state index in [0.717, 1.165) is 10.3 Å². The number of pyridine rings is 1. The number of anilines is 2. The highest BCUT2D eigenvalue weighted by molar-refractivity contribution is 7.21. The van der Waals surface area contributed by atoms with Crippen LogP contribution in [0.25, 0.3) is 20.8 Å². The summed E-state index contributed by atoms with van der Waals surface area (Å²) in [6, 6.07) is 4.99. The molecule has 0 bridgehead atoms. The quantitative estimate of drug-likeness (QED) is 0.201. The SMILES string of the molecule is Cc1cc(OC(F)(F)F)ccc1[C@@H](C)Nc1nc(C)c(-c2nc3cnccc3s2)c(N[C@@H]2C[C@H](CO)[C@@H](O)[C@H]2O)n1. The number of rotatable bonds is 8. The zero-order chi connectivity index (χ0) is 29.5. The van der Waals surface area contributed by atoms with Gasteiger partial charge in [-0.3, -0.25) is 4.98 Å². The molecule has 218 valence electrons. The van der Waals surface area contributed by atoms with Crippen molar-refractivity contribution >= 4 is 33.3 Å². The number of halogens is 3. The van der Waals surface area contributed by atoms with Crippen LogP contribution in [-0.2, 0) is 0 Å². The Balaban J connectivity index is 1.48. The maximum atomic E-state index is 12.6. The van der Waals surface area contributed by atoms with E-state index >= 15 is 0 Å². The average Bonchev–Trinajstić information content (AvgIpc) is 3.43. The zero-order valence-corrected chi connectivity index (χ0v) is 23.2. The number of nitrogens with one attached hydrogen (secondary N) is 2. The maximum Gasteiger partial charge on any atom is 0.573 e. The molecule has 1 aliphatic rings. The molecule has 0 saturated heterocycles. The first-order valence-corrected chi connectivity index (χ1v) is 13.7. The Bertz CT molecular complexity index is 1520. The van der Waals surface area contributed by atoms with Crippen LogP contribution in [0, 0.1) is 19.8 Å². The summed E-state index contributed by atoms with van der Waals surface area (Å²) in [5.74, 6) is -0.184. The minimum atomic E-state index is -4.78. The summed E-state index contributed by atoms with van der Waals surface area (Å²) < 4.78 is 42.9. The van der Waals surface area contributed by atoms with Gasteiger partial charge in [-0.05, 0) is 56.5 Å². The first kappa shape index (κ1) is 28.9. The number of nitrogens with zero attached hydrogens (tertiary/aromatic N) is 4. The summed E-state index contributed by atoms with van der Waals surface area (Å²) in [4.78, 5) is 18.2. The second kappa shape index (κ2) is 11.4.